The van der Waals surface area contributed by atoms with Gasteiger partial charge >= 0.3 is 0 Å². The molecular formula is C12H17BrN2OS. The van der Waals surface area contributed by atoms with Crippen LogP contribution in [0.2, 0.25) is 0 Å². The maximum Gasteiger partial charge on any atom is 0.267 e. The summed E-state index contributed by atoms with van der Waals surface area (Å²) in [5, 5.41) is 2.98. The smallest absolute Gasteiger partial charge is 0.267 e. The number of nitrogens with one attached hydrogen (secondary N) is 1. The van der Waals surface area contributed by atoms with Gasteiger partial charge in [-0.2, -0.15) is 11.8 Å². The Kier molecular flexibility index (Phi) is 4.56. The van der Waals surface area contributed by atoms with Crippen molar-refractivity contribution in [2.75, 3.05) is 18.6 Å². The fourth-order valence-electron chi connectivity index (χ4n) is 1.79. The summed E-state index contributed by atoms with van der Waals surface area (Å²) in [7, 11) is 0. The number of nitrogens with zero attached hydrogens (tertiary/aromatic N) is 1. The van der Waals surface area contributed by atoms with E-state index in [2.05, 4.69) is 32.1 Å². The van der Waals surface area contributed by atoms with E-state index in [1.165, 1.54) is 12.8 Å². The van der Waals surface area contributed by atoms with E-state index in [1.807, 2.05) is 24.0 Å². The highest BCUT2D eigenvalue weighted by molar-refractivity contribution is 9.10. The van der Waals surface area contributed by atoms with Crippen LogP contribution in [0.4, 0.5) is 0 Å². The summed E-state index contributed by atoms with van der Waals surface area (Å²) in [6.07, 6.45) is 7.49. The fourth-order valence-corrected chi connectivity index (χ4v) is 2.66. The number of hydrogen-bond donors (Lipinski definition) is 1. The van der Waals surface area contributed by atoms with E-state index in [-0.39, 0.29) is 5.91 Å². The van der Waals surface area contributed by atoms with Gasteiger partial charge in [-0.15, -0.1) is 0 Å². The number of aromatic nitrogens is 1. The normalized spacial score (nSPS) is 14.9. The molecule has 1 fully saturated rings. The molecule has 0 aliphatic heterocycles. The highest BCUT2D eigenvalue weighted by Gasteiger charge is 2.27. The first-order chi connectivity index (χ1) is 8.22. The Balaban J connectivity index is 1.93. The predicted octanol–water partition coefficient (Wildman–Crippen LogP) is 3.07. The molecule has 1 heterocycles. The van der Waals surface area contributed by atoms with Gasteiger partial charge in [0.05, 0.1) is 0 Å². The van der Waals surface area contributed by atoms with E-state index in [0.29, 0.717) is 6.04 Å². The van der Waals surface area contributed by atoms with Gasteiger partial charge < -0.3 is 9.88 Å². The lowest BCUT2D eigenvalue weighted by Gasteiger charge is -2.08. The van der Waals surface area contributed by atoms with Crippen LogP contribution in [0.15, 0.2) is 16.7 Å². The lowest BCUT2D eigenvalue weighted by atomic mass is 10.3. The van der Waals surface area contributed by atoms with Crippen molar-refractivity contribution >= 4 is 33.6 Å². The third-order valence-corrected chi connectivity index (χ3v) is 3.93. The number of carbonyl (C=O) groups excluding carboxylic acids is 1. The Morgan fingerprint density at radius 2 is 2.41 bits per heavy atom. The van der Waals surface area contributed by atoms with Gasteiger partial charge in [-0.05, 0) is 53.3 Å². The minimum atomic E-state index is 0.0451. The molecule has 0 atom stereocenters. The molecule has 1 saturated carbocycles. The minimum Gasteiger partial charge on any atom is -0.351 e. The third kappa shape index (κ3) is 3.52. The third-order valence-electron chi connectivity index (χ3n) is 2.80. The number of carbonyl (C=O) groups is 1. The molecule has 0 bridgehead atoms. The van der Waals surface area contributed by atoms with Gasteiger partial charge in [-0.3, -0.25) is 4.79 Å². The Labute approximate surface area is 114 Å². The quantitative estimate of drug-likeness (QED) is 0.818. The van der Waals surface area contributed by atoms with Gasteiger partial charge in [-0.25, -0.2) is 0 Å². The zero-order valence-corrected chi connectivity index (χ0v) is 12.3. The van der Waals surface area contributed by atoms with Gasteiger partial charge in [0.2, 0.25) is 0 Å². The largest absolute Gasteiger partial charge is 0.351 e. The van der Waals surface area contributed by atoms with Crippen LogP contribution < -0.4 is 5.32 Å². The van der Waals surface area contributed by atoms with Crippen LogP contribution in [0.1, 0.15) is 35.8 Å². The first-order valence-corrected chi connectivity index (χ1v) is 8.05. The van der Waals surface area contributed by atoms with Crippen molar-refractivity contribution in [3.05, 3.63) is 22.4 Å². The molecule has 1 amide bonds. The Morgan fingerprint density at radius 3 is 3.06 bits per heavy atom. The monoisotopic (exact) mass is 316 g/mol. The highest BCUT2D eigenvalue weighted by atomic mass is 79.9. The zero-order valence-electron chi connectivity index (χ0n) is 9.91. The summed E-state index contributed by atoms with van der Waals surface area (Å²) in [5.41, 5.74) is 0.781. The van der Waals surface area contributed by atoms with Crippen molar-refractivity contribution in [1.29, 1.82) is 0 Å². The molecule has 3 nitrogen and oxygen atoms in total. The molecule has 5 heteroatoms. The van der Waals surface area contributed by atoms with Crippen LogP contribution in [-0.4, -0.2) is 29.0 Å². The Morgan fingerprint density at radius 1 is 1.65 bits per heavy atom. The number of rotatable bonds is 6. The van der Waals surface area contributed by atoms with Crippen LogP contribution >= 0.6 is 27.7 Å². The Hall–Kier alpha value is -0.420. The predicted molar refractivity (Wildman–Crippen MR) is 75.7 cm³/mol. The van der Waals surface area contributed by atoms with Crippen molar-refractivity contribution in [1.82, 2.24) is 9.88 Å². The van der Waals surface area contributed by atoms with E-state index >= 15 is 0 Å². The summed E-state index contributed by atoms with van der Waals surface area (Å²) >= 11 is 5.24. The molecule has 1 aromatic rings. The summed E-state index contributed by atoms with van der Waals surface area (Å²) in [5.74, 6) is 1.14. The molecule has 1 aliphatic rings. The first-order valence-electron chi connectivity index (χ1n) is 5.87. The van der Waals surface area contributed by atoms with E-state index in [4.69, 9.17) is 0 Å². The summed E-state index contributed by atoms with van der Waals surface area (Å²) < 4.78 is 3.08. The van der Waals surface area contributed by atoms with Gasteiger partial charge in [0.15, 0.2) is 0 Å². The summed E-state index contributed by atoms with van der Waals surface area (Å²) in [4.78, 5) is 12.0. The van der Waals surface area contributed by atoms with Crippen LogP contribution in [-0.2, 0) is 0 Å². The molecule has 1 N–H and O–H groups in total. The second-order valence-corrected chi connectivity index (χ2v) is 6.19. The molecule has 2 rings (SSSR count). The van der Waals surface area contributed by atoms with Gasteiger partial charge in [0.1, 0.15) is 5.69 Å². The van der Waals surface area contributed by atoms with Crippen LogP contribution in [0.5, 0.6) is 0 Å². The fraction of sp³-hybridized carbons (Fsp3) is 0.583. The number of halogens is 1. The van der Waals surface area contributed by atoms with Gasteiger partial charge in [0, 0.05) is 23.3 Å². The number of thioether (sulfide) groups is 1. The van der Waals surface area contributed by atoms with E-state index in [1.54, 1.807) is 0 Å². The topological polar surface area (TPSA) is 34.0 Å². The average molecular weight is 317 g/mol. The molecule has 0 aromatic carbocycles. The summed E-state index contributed by atoms with van der Waals surface area (Å²) in [6, 6.07) is 2.44. The van der Waals surface area contributed by atoms with E-state index in [9.17, 15) is 4.79 Å². The maximum absolute atomic E-state index is 12.0. The van der Waals surface area contributed by atoms with Crippen LogP contribution in [0.3, 0.4) is 0 Å². The molecule has 0 spiro atoms. The molecule has 1 aliphatic carbocycles. The molecule has 0 unspecified atom stereocenters. The second-order valence-electron chi connectivity index (χ2n) is 4.28. The van der Waals surface area contributed by atoms with E-state index in [0.717, 1.165) is 28.9 Å². The highest BCUT2D eigenvalue weighted by Crippen LogP contribution is 2.37. The first kappa shape index (κ1) is 13.0. The van der Waals surface area contributed by atoms with Crippen molar-refractivity contribution < 1.29 is 4.79 Å². The summed E-state index contributed by atoms with van der Waals surface area (Å²) in [6.45, 7) is 0.757. The standard InChI is InChI=1S/C12H17BrN2OS/c1-17-6-2-5-14-12(16)11-7-9(13)8-15(11)10-3-4-10/h7-8,10H,2-6H2,1H3,(H,14,16). The molecule has 0 saturated heterocycles. The zero-order chi connectivity index (χ0) is 12.3. The van der Waals surface area contributed by atoms with Crippen LogP contribution in [0.25, 0.3) is 0 Å². The maximum atomic E-state index is 12.0. The number of hydrogen-bond acceptors (Lipinski definition) is 2. The number of amides is 1. The van der Waals surface area contributed by atoms with Gasteiger partial charge in [0.25, 0.3) is 5.91 Å². The van der Waals surface area contributed by atoms with E-state index < -0.39 is 0 Å². The lowest BCUT2D eigenvalue weighted by Crippen LogP contribution is -2.26. The Bertz CT molecular complexity index is 401. The van der Waals surface area contributed by atoms with Crippen LogP contribution in [0, 0.1) is 0 Å². The lowest BCUT2D eigenvalue weighted by molar-refractivity contribution is 0.0944. The molecular weight excluding hydrogens is 300 g/mol. The SMILES string of the molecule is CSCCCNC(=O)c1cc(Br)cn1C1CC1. The van der Waals surface area contributed by atoms with Gasteiger partial charge in [-0.1, -0.05) is 0 Å². The molecule has 0 radical (unpaired) electrons. The minimum absolute atomic E-state index is 0.0451. The van der Waals surface area contributed by atoms with Crippen molar-refractivity contribution in [2.24, 2.45) is 0 Å². The second kappa shape index (κ2) is 5.96. The molecule has 17 heavy (non-hydrogen) atoms. The molecule has 94 valence electrons. The van der Waals surface area contributed by atoms with Crippen molar-refractivity contribution in [3.63, 3.8) is 0 Å². The average Bonchev–Trinajstić information content (AvgIpc) is 3.08. The van der Waals surface area contributed by atoms with Crippen molar-refractivity contribution in [2.45, 2.75) is 25.3 Å². The van der Waals surface area contributed by atoms with Crippen molar-refractivity contribution in [3.8, 4) is 0 Å². The molecule has 1 aromatic heterocycles.